The molecule has 3 rings (SSSR count). The van der Waals surface area contributed by atoms with Crippen LogP contribution in [0.3, 0.4) is 0 Å². The number of ketones is 1. The summed E-state index contributed by atoms with van der Waals surface area (Å²) < 4.78 is 52.3. The third kappa shape index (κ3) is 3.80. The second kappa shape index (κ2) is 8.11. The molecule has 0 amide bonds. The highest BCUT2D eigenvalue weighted by atomic mass is 32.1. The van der Waals surface area contributed by atoms with E-state index >= 15 is 0 Å². The van der Waals surface area contributed by atoms with Gasteiger partial charge in [0.15, 0.2) is 22.4 Å². The first-order chi connectivity index (χ1) is 14.1. The van der Waals surface area contributed by atoms with Gasteiger partial charge in [-0.2, -0.15) is 13.2 Å². The molecule has 2 aromatic rings. The van der Waals surface area contributed by atoms with Gasteiger partial charge < -0.3 is 25.2 Å². The minimum absolute atomic E-state index is 0.0204. The molecule has 30 heavy (non-hydrogen) atoms. The molecule has 0 radical (unpaired) electrons. The number of hydrogen-bond acceptors (Lipinski definition) is 5. The zero-order valence-corrected chi connectivity index (χ0v) is 16.8. The van der Waals surface area contributed by atoms with E-state index in [0.717, 1.165) is 0 Å². The van der Waals surface area contributed by atoms with Gasteiger partial charge in [0.25, 0.3) is 0 Å². The number of ether oxygens (including phenoxy) is 2. The fraction of sp³-hybridized carbons (Fsp3) is 0.300. The third-order valence-corrected chi connectivity index (χ3v) is 5.13. The van der Waals surface area contributed by atoms with Crippen LogP contribution in [-0.4, -0.2) is 42.1 Å². The topological polar surface area (TPSA) is 79.8 Å². The van der Waals surface area contributed by atoms with Crippen molar-refractivity contribution in [3.63, 3.8) is 0 Å². The van der Waals surface area contributed by atoms with Crippen LogP contribution in [0.4, 0.5) is 13.2 Å². The molecular formula is C20H19F3N2O4S. The molecule has 0 aliphatic carbocycles. The molecule has 1 heterocycles. The standard InChI is InChI=1S/C20H19F3N2O4S/c1-28-13-9-8-12(10-14(13)29-2)16-15(17(26)11-6-4-3-5-7-11)19(27,20(21,22)23)25-18(30)24-16/h3-10,15-16,27H,1-2H3,(H2,24,25,30)/t15-,16+,19+/m1/s1. The predicted octanol–water partition coefficient (Wildman–Crippen LogP) is 2.97. The normalized spacial score (nSPS) is 23.9. The van der Waals surface area contributed by atoms with E-state index in [9.17, 15) is 23.1 Å². The van der Waals surface area contributed by atoms with Crippen molar-refractivity contribution in [2.45, 2.75) is 17.9 Å². The number of methoxy groups -OCH3 is 2. The summed E-state index contributed by atoms with van der Waals surface area (Å²) in [6.07, 6.45) is -5.19. The minimum atomic E-state index is -5.19. The Morgan fingerprint density at radius 3 is 2.30 bits per heavy atom. The van der Waals surface area contributed by atoms with Crippen LogP contribution in [0.1, 0.15) is 22.0 Å². The number of aliphatic hydroxyl groups is 1. The molecule has 0 spiro atoms. The van der Waals surface area contributed by atoms with Crippen LogP contribution in [0.25, 0.3) is 0 Å². The van der Waals surface area contributed by atoms with E-state index in [2.05, 4.69) is 5.32 Å². The van der Waals surface area contributed by atoms with E-state index in [0.29, 0.717) is 5.75 Å². The van der Waals surface area contributed by atoms with E-state index in [1.165, 1.54) is 56.7 Å². The Morgan fingerprint density at radius 1 is 1.10 bits per heavy atom. The molecule has 0 unspecified atom stereocenters. The first kappa shape index (κ1) is 21.8. The molecule has 160 valence electrons. The van der Waals surface area contributed by atoms with Crippen molar-refractivity contribution in [1.82, 2.24) is 10.6 Å². The number of benzene rings is 2. The van der Waals surface area contributed by atoms with Crippen LogP contribution in [0.5, 0.6) is 11.5 Å². The summed E-state index contributed by atoms with van der Waals surface area (Å²) in [4.78, 5) is 13.2. The summed E-state index contributed by atoms with van der Waals surface area (Å²) in [6, 6.07) is 10.6. The van der Waals surface area contributed by atoms with Crippen molar-refractivity contribution in [2.75, 3.05) is 14.2 Å². The maximum Gasteiger partial charge on any atom is 0.437 e. The molecule has 2 aromatic carbocycles. The molecule has 0 saturated carbocycles. The van der Waals surface area contributed by atoms with Gasteiger partial charge in [-0.05, 0) is 29.9 Å². The second-order valence-corrected chi connectivity index (χ2v) is 7.07. The lowest BCUT2D eigenvalue weighted by atomic mass is 9.77. The Balaban J connectivity index is 2.18. The first-order valence-electron chi connectivity index (χ1n) is 8.81. The Bertz CT molecular complexity index is 955. The monoisotopic (exact) mass is 440 g/mol. The molecule has 0 aromatic heterocycles. The van der Waals surface area contributed by atoms with Gasteiger partial charge in [0.1, 0.15) is 5.92 Å². The van der Waals surface area contributed by atoms with Gasteiger partial charge in [0, 0.05) is 5.56 Å². The molecular weight excluding hydrogens is 421 g/mol. The Morgan fingerprint density at radius 2 is 1.73 bits per heavy atom. The first-order valence-corrected chi connectivity index (χ1v) is 9.22. The minimum Gasteiger partial charge on any atom is -0.493 e. The van der Waals surface area contributed by atoms with Gasteiger partial charge in [-0.1, -0.05) is 36.4 Å². The zero-order valence-electron chi connectivity index (χ0n) is 16.0. The molecule has 1 aliphatic rings. The summed E-state index contributed by atoms with van der Waals surface area (Å²) in [5.41, 5.74) is -3.30. The maximum atomic E-state index is 14.0. The molecule has 1 fully saturated rings. The number of halogens is 3. The summed E-state index contributed by atoms with van der Waals surface area (Å²) in [7, 11) is 2.79. The van der Waals surface area contributed by atoms with Crippen molar-refractivity contribution in [3.05, 3.63) is 59.7 Å². The number of hydrogen-bond donors (Lipinski definition) is 3. The fourth-order valence-corrected chi connectivity index (χ4v) is 3.73. The highest BCUT2D eigenvalue weighted by Crippen LogP contribution is 2.45. The number of Topliss-reactive ketones (excluding diaryl/α,β-unsaturated/α-hetero) is 1. The number of nitrogens with one attached hydrogen (secondary N) is 2. The van der Waals surface area contributed by atoms with Gasteiger partial charge in [-0.15, -0.1) is 0 Å². The largest absolute Gasteiger partial charge is 0.493 e. The van der Waals surface area contributed by atoms with Crippen LogP contribution in [0.2, 0.25) is 0 Å². The molecule has 3 atom stereocenters. The van der Waals surface area contributed by atoms with Gasteiger partial charge in [0.2, 0.25) is 5.72 Å². The highest BCUT2D eigenvalue weighted by Gasteiger charge is 2.65. The van der Waals surface area contributed by atoms with Crippen LogP contribution in [0.15, 0.2) is 48.5 Å². The van der Waals surface area contributed by atoms with E-state index in [4.69, 9.17) is 21.7 Å². The maximum absolute atomic E-state index is 14.0. The Hall–Kier alpha value is -2.85. The predicted molar refractivity (Wildman–Crippen MR) is 106 cm³/mol. The SMILES string of the molecule is COc1ccc([C@@H]2NC(=S)N[C@@](O)(C(F)(F)F)[C@H]2C(=O)c2ccccc2)cc1OC. The van der Waals surface area contributed by atoms with E-state index < -0.39 is 34.8 Å². The van der Waals surface area contributed by atoms with Crippen molar-refractivity contribution in [3.8, 4) is 11.5 Å². The molecule has 1 saturated heterocycles. The van der Waals surface area contributed by atoms with Crippen LogP contribution < -0.4 is 20.1 Å². The average Bonchev–Trinajstić information content (AvgIpc) is 2.72. The fourth-order valence-electron chi connectivity index (χ4n) is 3.45. The molecule has 1 aliphatic heterocycles. The van der Waals surface area contributed by atoms with Crippen LogP contribution in [-0.2, 0) is 0 Å². The van der Waals surface area contributed by atoms with Crippen LogP contribution in [0, 0.1) is 5.92 Å². The Kier molecular flexibility index (Phi) is 5.91. The van der Waals surface area contributed by atoms with E-state index in [1.807, 2.05) is 5.32 Å². The van der Waals surface area contributed by atoms with Crippen molar-refractivity contribution in [2.24, 2.45) is 5.92 Å². The molecule has 0 bridgehead atoms. The Labute approximate surface area is 176 Å². The third-order valence-electron chi connectivity index (χ3n) is 4.91. The summed E-state index contributed by atoms with van der Waals surface area (Å²) in [5.74, 6) is -2.28. The summed E-state index contributed by atoms with van der Waals surface area (Å²) >= 11 is 4.92. The lowest BCUT2D eigenvalue weighted by Crippen LogP contribution is -2.72. The molecule has 10 heteroatoms. The number of carbonyl (C=O) groups is 1. The summed E-state index contributed by atoms with van der Waals surface area (Å²) in [6.45, 7) is 0. The van der Waals surface area contributed by atoms with Crippen LogP contribution >= 0.6 is 12.2 Å². The molecule has 6 nitrogen and oxygen atoms in total. The van der Waals surface area contributed by atoms with Crippen molar-refractivity contribution in [1.29, 1.82) is 0 Å². The quantitative estimate of drug-likeness (QED) is 0.487. The van der Waals surface area contributed by atoms with Gasteiger partial charge in [0.05, 0.1) is 20.3 Å². The molecule has 3 N–H and O–H groups in total. The number of alkyl halides is 3. The zero-order chi connectivity index (χ0) is 22.1. The van der Waals surface area contributed by atoms with Gasteiger partial charge >= 0.3 is 6.18 Å². The van der Waals surface area contributed by atoms with Gasteiger partial charge in [-0.3, -0.25) is 4.79 Å². The lowest BCUT2D eigenvalue weighted by Gasteiger charge is -2.46. The van der Waals surface area contributed by atoms with E-state index in [1.54, 1.807) is 6.07 Å². The average molecular weight is 440 g/mol. The van der Waals surface area contributed by atoms with Crippen molar-refractivity contribution < 1.29 is 32.5 Å². The van der Waals surface area contributed by atoms with Crippen molar-refractivity contribution >= 4 is 23.1 Å². The second-order valence-electron chi connectivity index (χ2n) is 6.66. The number of rotatable bonds is 5. The van der Waals surface area contributed by atoms with Gasteiger partial charge in [-0.25, -0.2) is 0 Å². The number of thiocarbonyl (C=S) groups is 1. The summed E-state index contributed by atoms with van der Waals surface area (Å²) in [5, 5.41) is 14.8. The number of carbonyl (C=O) groups excluding carboxylic acids is 1. The van der Waals surface area contributed by atoms with E-state index in [-0.39, 0.29) is 16.9 Å². The smallest absolute Gasteiger partial charge is 0.437 e. The highest BCUT2D eigenvalue weighted by molar-refractivity contribution is 7.80. The lowest BCUT2D eigenvalue weighted by molar-refractivity contribution is -0.285.